The zero-order valence-electron chi connectivity index (χ0n) is 10.0. The third-order valence-electron chi connectivity index (χ3n) is 2.76. The molecule has 1 heterocycles. The molecule has 2 rings (SSSR count). The molecular weight excluding hydrogens is 242 g/mol. The standard InChI is InChI=1S/C10H17N3O3S/c1-12-8-10(7-11-12)17(14,15)13(5-6-16-2)9-3-4-9/h7-9H,3-6H2,1-2H3. The van der Waals surface area contributed by atoms with Crippen molar-refractivity contribution in [3.8, 4) is 0 Å². The highest BCUT2D eigenvalue weighted by molar-refractivity contribution is 7.89. The number of hydrogen-bond donors (Lipinski definition) is 0. The van der Waals surface area contributed by atoms with Crippen LogP contribution in [0.25, 0.3) is 0 Å². The summed E-state index contributed by atoms with van der Waals surface area (Å²) in [4.78, 5) is 0.253. The van der Waals surface area contributed by atoms with Crippen LogP contribution in [0.3, 0.4) is 0 Å². The number of aromatic nitrogens is 2. The quantitative estimate of drug-likeness (QED) is 0.733. The Balaban J connectivity index is 2.21. The predicted molar refractivity (Wildman–Crippen MR) is 62.0 cm³/mol. The van der Waals surface area contributed by atoms with E-state index in [9.17, 15) is 8.42 Å². The molecule has 7 heteroatoms. The van der Waals surface area contributed by atoms with Crippen LogP contribution in [-0.4, -0.2) is 48.8 Å². The van der Waals surface area contributed by atoms with Gasteiger partial charge in [0.25, 0.3) is 0 Å². The monoisotopic (exact) mass is 259 g/mol. The van der Waals surface area contributed by atoms with E-state index in [2.05, 4.69) is 5.10 Å². The lowest BCUT2D eigenvalue weighted by Gasteiger charge is -2.20. The van der Waals surface area contributed by atoms with Gasteiger partial charge in [0.2, 0.25) is 10.0 Å². The normalized spacial score (nSPS) is 16.6. The molecule has 0 N–H and O–H groups in total. The van der Waals surface area contributed by atoms with Crippen LogP contribution in [0, 0.1) is 0 Å². The molecule has 0 aliphatic heterocycles. The number of hydrogen-bond acceptors (Lipinski definition) is 4. The van der Waals surface area contributed by atoms with Crippen LogP contribution >= 0.6 is 0 Å². The van der Waals surface area contributed by atoms with Gasteiger partial charge in [0.1, 0.15) is 4.90 Å². The predicted octanol–water partition coefficient (Wildman–Crippen LogP) is 0.220. The van der Waals surface area contributed by atoms with E-state index in [0.717, 1.165) is 12.8 Å². The van der Waals surface area contributed by atoms with E-state index in [-0.39, 0.29) is 10.9 Å². The molecule has 0 saturated heterocycles. The lowest BCUT2D eigenvalue weighted by Crippen LogP contribution is -2.35. The van der Waals surface area contributed by atoms with Crippen molar-refractivity contribution in [3.63, 3.8) is 0 Å². The largest absolute Gasteiger partial charge is 0.383 e. The highest BCUT2D eigenvalue weighted by Crippen LogP contribution is 2.31. The van der Waals surface area contributed by atoms with Gasteiger partial charge in [0, 0.05) is 32.9 Å². The van der Waals surface area contributed by atoms with E-state index in [1.807, 2.05) is 0 Å². The number of ether oxygens (including phenoxy) is 1. The summed E-state index contributed by atoms with van der Waals surface area (Å²) in [5.74, 6) is 0. The summed E-state index contributed by atoms with van der Waals surface area (Å²) < 4.78 is 32.7. The van der Waals surface area contributed by atoms with E-state index in [4.69, 9.17) is 4.74 Å². The highest BCUT2D eigenvalue weighted by Gasteiger charge is 2.38. The van der Waals surface area contributed by atoms with Gasteiger partial charge in [-0.3, -0.25) is 4.68 Å². The maximum Gasteiger partial charge on any atom is 0.246 e. The zero-order chi connectivity index (χ0) is 12.5. The average Bonchev–Trinajstić information content (AvgIpc) is 3.00. The van der Waals surface area contributed by atoms with Crippen LogP contribution in [0.15, 0.2) is 17.3 Å². The molecule has 1 aliphatic carbocycles. The van der Waals surface area contributed by atoms with Crippen LogP contribution in [0.5, 0.6) is 0 Å². The number of aryl methyl sites for hydroxylation is 1. The molecule has 0 bridgehead atoms. The first-order chi connectivity index (χ1) is 8.05. The lowest BCUT2D eigenvalue weighted by atomic mass is 10.6. The van der Waals surface area contributed by atoms with Crippen molar-refractivity contribution in [2.24, 2.45) is 7.05 Å². The fourth-order valence-corrected chi connectivity index (χ4v) is 3.37. The van der Waals surface area contributed by atoms with Gasteiger partial charge in [-0.2, -0.15) is 9.40 Å². The summed E-state index contributed by atoms with van der Waals surface area (Å²) in [6.45, 7) is 0.814. The molecule has 1 aromatic heterocycles. The minimum Gasteiger partial charge on any atom is -0.383 e. The third kappa shape index (κ3) is 2.67. The van der Waals surface area contributed by atoms with Gasteiger partial charge in [-0.25, -0.2) is 8.42 Å². The summed E-state index contributed by atoms with van der Waals surface area (Å²) in [6, 6.07) is 0.135. The molecule has 1 fully saturated rings. The lowest BCUT2D eigenvalue weighted by molar-refractivity contribution is 0.177. The molecule has 0 radical (unpaired) electrons. The van der Waals surface area contributed by atoms with E-state index >= 15 is 0 Å². The maximum absolute atomic E-state index is 12.4. The van der Waals surface area contributed by atoms with Crippen molar-refractivity contribution in [3.05, 3.63) is 12.4 Å². The van der Waals surface area contributed by atoms with Crippen molar-refractivity contribution in [1.29, 1.82) is 0 Å². The first kappa shape index (κ1) is 12.5. The fraction of sp³-hybridized carbons (Fsp3) is 0.700. The molecule has 96 valence electrons. The van der Waals surface area contributed by atoms with Gasteiger partial charge in [-0.1, -0.05) is 0 Å². The fourth-order valence-electron chi connectivity index (χ4n) is 1.71. The second-order valence-electron chi connectivity index (χ2n) is 4.19. The second-order valence-corrected chi connectivity index (χ2v) is 6.08. The maximum atomic E-state index is 12.4. The Morgan fingerprint density at radius 1 is 1.59 bits per heavy atom. The van der Waals surface area contributed by atoms with E-state index in [0.29, 0.717) is 13.2 Å². The summed E-state index contributed by atoms with van der Waals surface area (Å²) in [5.41, 5.74) is 0. The molecule has 1 aliphatic rings. The molecule has 0 aromatic carbocycles. The zero-order valence-corrected chi connectivity index (χ0v) is 10.9. The Morgan fingerprint density at radius 2 is 2.29 bits per heavy atom. The summed E-state index contributed by atoms with van der Waals surface area (Å²) in [7, 11) is -0.144. The van der Waals surface area contributed by atoms with Crippen molar-refractivity contribution in [1.82, 2.24) is 14.1 Å². The van der Waals surface area contributed by atoms with Crippen molar-refractivity contribution < 1.29 is 13.2 Å². The summed E-state index contributed by atoms with van der Waals surface area (Å²) in [6.07, 6.45) is 4.78. The SMILES string of the molecule is COCCN(C1CC1)S(=O)(=O)c1cnn(C)c1. The van der Waals surface area contributed by atoms with Gasteiger partial charge in [-0.05, 0) is 12.8 Å². The number of methoxy groups -OCH3 is 1. The number of rotatable bonds is 6. The molecule has 1 saturated carbocycles. The molecule has 0 spiro atoms. The van der Waals surface area contributed by atoms with E-state index in [1.165, 1.54) is 21.4 Å². The highest BCUT2D eigenvalue weighted by atomic mass is 32.2. The van der Waals surface area contributed by atoms with Crippen LogP contribution < -0.4 is 0 Å². The molecule has 17 heavy (non-hydrogen) atoms. The molecule has 6 nitrogen and oxygen atoms in total. The van der Waals surface area contributed by atoms with Gasteiger partial charge in [0.05, 0.1) is 12.8 Å². The topological polar surface area (TPSA) is 64.4 Å². The minimum absolute atomic E-state index is 0.135. The van der Waals surface area contributed by atoms with E-state index < -0.39 is 10.0 Å². The van der Waals surface area contributed by atoms with Crippen LogP contribution in [0.2, 0.25) is 0 Å². The third-order valence-corrected chi connectivity index (χ3v) is 4.66. The Bertz CT molecular complexity index is 479. The van der Waals surface area contributed by atoms with Gasteiger partial charge in [0.15, 0.2) is 0 Å². The Morgan fingerprint density at radius 3 is 2.76 bits per heavy atom. The Labute approximate surface area is 101 Å². The molecule has 0 unspecified atom stereocenters. The Kier molecular flexibility index (Phi) is 3.50. The van der Waals surface area contributed by atoms with Crippen molar-refractivity contribution >= 4 is 10.0 Å². The van der Waals surface area contributed by atoms with Crippen LogP contribution in [0.4, 0.5) is 0 Å². The summed E-state index contributed by atoms with van der Waals surface area (Å²) >= 11 is 0. The number of nitrogens with zero attached hydrogens (tertiary/aromatic N) is 3. The molecular formula is C10H17N3O3S. The van der Waals surface area contributed by atoms with Crippen molar-refractivity contribution in [2.75, 3.05) is 20.3 Å². The van der Waals surface area contributed by atoms with Gasteiger partial charge in [-0.15, -0.1) is 0 Å². The van der Waals surface area contributed by atoms with Crippen molar-refractivity contribution in [2.45, 2.75) is 23.8 Å². The van der Waals surface area contributed by atoms with E-state index in [1.54, 1.807) is 14.2 Å². The van der Waals surface area contributed by atoms with Crippen LogP contribution in [-0.2, 0) is 21.8 Å². The Hall–Kier alpha value is -0.920. The molecule has 0 amide bonds. The minimum atomic E-state index is -3.42. The molecule has 1 aromatic rings. The second kappa shape index (κ2) is 4.75. The van der Waals surface area contributed by atoms with Gasteiger partial charge < -0.3 is 4.74 Å². The molecule has 0 atom stereocenters. The average molecular weight is 259 g/mol. The van der Waals surface area contributed by atoms with Gasteiger partial charge >= 0.3 is 0 Å². The number of sulfonamides is 1. The first-order valence-electron chi connectivity index (χ1n) is 5.55. The smallest absolute Gasteiger partial charge is 0.246 e. The summed E-state index contributed by atoms with van der Waals surface area (Å²) in [5, 5.41) is 3.90. The first-order valence-corrected chi connectivity index (χ1v) is 6.99. The van der Waals surface area contributed by atoms with Crippen LogP contribution in [0.1, 0.15) is 12.8 Å².